The number of esters is 2. The topological polar surface area (TPSA) is 52.6 Å². The molecule has 23 heavy (non-hydrogen) atoms. The highest BCUT2D eigenvalue weighted by atomic mass is 16.5. The summed E-state index contributed by atoms with van der Waals surface area (Å²) in [6.45, 7) is 2.72. The van der Waals surface area contributed by atoms with Crippen molar-refractivity contribution in [2.24, 2.45) is 0 Å². The van der Waals surface area contributed by atoms with E-state index in [9.17, 15) is 9.59 Å². The van der Waals surface area contributed by atoms with Gasteiger partial charge in [-0.1, -0.05) is 77.6 Å². The van der Waals surface area contributed by atoms with Gasteiger partial charge in [0, 0.05) is 0 Å². The van der Waals surface area contributed by atoms with E-state index in [4.69, 9.17) is 4.74 Å². The minimum absolute atomic E-state index is 0.105. The fraction of sp³-hybridized carbons (Fsp3) is 0.895. The van der Waals surface area contributed by atoms with Crippen LogP contribution in [0.15, 0.2) is 0 Å². The molecule has 0 aliphatic heterocycles. The predicted molar refractivity (Wildman–Crippen MR) is 93.3 cm³/mol. The van der Waals surface area contributed by atoms with E-state index in [1.807, 2.05) is 0 Å². The Kier molecular flexibility index (Phi) is 16.5. The molecule has 0 aromatic carbocycles. The zero-order valence-corrected chi connectivity index (χ0v) is 15.2. The number of carbonyl (C=O) groups is 2. The predicted octanol–water partition coefficient (Wildman–Crippen LogP) is 5.18. The van der Waals surface area contributed by atoms with Gasteiger partial charge < -0.3 is 9.47 Å². The fourth-order valence-corrected chi connectivity index (χ4v) is 2.51. The summed E-state index contributed by atoms with van der Waals surface area (Å²) in [5, 5.41) is 0. The van der Waals surface area contributed by atoms with Gasteiger partial charge in [0.25, 0.3) is 0 Å². The van der Waals surface area contributed by atoms with Crippen molar-refractivity contribution in [2.75, 3.05) is 13.7 Å². The molecule has 0 atom stereocenters. The summed E-state index contributed by atoms with van der Waals surface area (Å²) in [7, 11) is 1.32. The van der Waals surface area contributed by atoms with Gasteiger partial charge >= 0.3 is 11.9 Å². The van der Waals surface area contributed by atoms with E-state index in [-0.39, 0.29) is 24.8 Å². The Balaban J connectivity index is 3.15. The van der Waals surface area contributed by atoms with Crippen molar-refractivity contribution in [3.8, 4) is 0 Å². The van der Waals surface area contributed by atoms with Crippen molar-refractivity contribution >= 4 is 11.9 Å². The average molecular weight is 328 g/mol. The normalized spacial score (nSPS) is 10.5. The molecule has 0 aromatic rings. The number of unbranched alkanes of at least 4 members (excludes halogenated alkanes) is 11. The number of rotatable bonds is 16. The summed E-state index contributed by atoms with van der Waals surface area (Å²) in [6, 6.07) is 0. The summed E-state index contributed by atoms with van der Waals surface area (Å²) in [5.74, 6) is -0.675. The van der Waals surface area contributed by atoms with Gasteiger partial charge in [-0.2, -0.15) is 0 Å². The first-order valence-corrected chi connectivity index (χ1v) is 9.43. The molecule has 0 aliphatic carbocycles. The SMILES string of the molecule is CCCCCCCCCCCCCCOC(=O)CCC(=O)OC. The van der Waals surface area contributed by atoms with Crippen LogP contribution in [0.25, 0.3) is 0 Å². The van der Waals surface area contributed by atoms with Crippen LogP contribution in [0.5, 0.6) is 0 Å². The van der Waals surface area contributed by atoms with E-state index in [1.165, 1.54) is 71.3 Å². The van der Waals surface area contributed by atoms with E-state index in [2.05, 4.69) is 11.7 Å². The second-order valence-corrected chi connectivity index (χ2v) is 6.19. The molecule has 0 heterocycles. The first-order chi connectivity index (χ1) is 11.2. The van der Waals surface area contributed by atoms with Crippen LogP contribution in [0.4, 0.5) is 0 Å². The van der Waals surface area contributed by atoms with E-state index in [0.29, 0.717) is 6.61 Å². The standard InChI is InChI=1S/C19H36O4/c1-3-4-5-6-7-8-9-10-11-12-13-14-17-23-19(21)16-15-18(20)22-2/h3-17H2,1-2H3. The molecule has 0 aliphatic rings. The number of hydrogen-bond donors (Lipinski definition) is 0. The molecule has 0 N–H and O–H groups in total. The minimum Gasteiger partial charge on any atom is -0.469 e. The quantitative estimate of drug-likeness (QED) is 0.289. The maximum absolute atomic E-state index is 11.3. The molecule has 0 spiro atoms. The van der Waals surface area contributed by atoms with Crippen LogP contribution < -0.4 is 0 Å². The zero-order valence-electron chi connectivity index (χ0n) is 15.2. The average Bonchev–Trinajstić information content (AvgIpc) is 2.56. The molecule has 136 valence electrons. The maximum atomic E-state index is 11.3. The lowest BCUT2D eigenvalue weighted by molar-refractivity contribution is -0.149. The Morgan fingerprint density at radius 2 is 1.09 bits per heavy atom. The van der Waals surface area contributed by atoms with Gasteiger partial charge in [-0.15, -0.1) is 0 Å². The van der Waals surface area contributed by atoms with Gasteiger partial charge in [0.2, 0.25) is 0 Å². The molecule has 0 radical (unpaired) electrons. The van der Waals surface area contributed by atoms with E-state index in [1.54, 1.807) is 0 Å². The van der Waals surface area contributed by atoms with Crippen molar-refractivity contribution in [2.45, 2.75) is 96.8 Å². The molecule has 0 saturated carbocycles. The summed E-state index contributed by atoms with van der Waals surface area (Å²) >= 11 is 0. The van der Waals surface area contributed by atoms with E-state index < -0.39 is 0 Å². The minimum atomic E-state index is -0.368. The van der Waals surface area contributed by atoms with Crippen molar-refractivity contribution < 1.29 is 19.1 Å². The second kappa shape index (κ2) is 17.3. The van der Waals surface area contributed by atoms with Crippen molar-refractivity contribution in [1.29, 1.82) is 0 Å². The lowest BCUT2D eigenvalue weighted by Crippen LogP contribution is -2.09. The number of carbonyl (C=O) groups excluding carboxylic acids is 2. The van der Waals surface area contributed by atoms with Gasteiger partial charge in [0.15, 0.2) is 0 Å². The molecule has 0 aromatic heterocycles. The summed E-state index contributed by atoms with van der Waals surface area (Å²) in [5.41, 5.74) is 0. The Labute approximate surface area is 142 Å². The highest BCUT2D eigenvalue weighted by Crippen LogP contribution is 2.12. The van der Waals surface area contributed by atoms with Crippen LogP contribution in [0, 0.1) is 0 Å². The Morgan fingerprint density at radius 3 is 1.57 bits per heavy atom. The van der Waals surface area contributed by atoms with E-state index >= 15 is 0 Å². The Bertz CT molecular complexity index is 289. The van der Waals surface area contributed by atoms with Gasteiger partial charge in [-0.05, 0) is 6.42 Å². The smallest absolute Gasteiger partial charge is 0.306 e. The van der Waals surface area contributed by atoms with Crippen LogP contribution >= 0.6 is 0 Å². The largest absolute Gasteiger partial charge is 0.469 e. The van der Waals surface area contributed by atoms with Crippen molar-refractivity contribution in [3.05, 3.63) is 0 Å². The van der Waals surface area contributed by atoms with Gasteiger partial charge in [-0.3, -0.25) is 9.59 Å². The summed E-state index contributed by atoms with van der Waals surface area (Å²) in [6.07, 6.45) is 15.7. The number of hydrogen-bond acceptors (Lipinski definition) is 4. The van der Waals surface area contributed by atoms with E-state index in [0.717, 1.165) is 12.8 Å². The molecule has 0 rings (SSSR count). The summed E-state index contributed by atoms with van der Waals surface area (Å²) in [4.78, 5) is 22.2. The third kappa shape index (κ3) is 17.1. The monoisotopic (exact) mass is 328 g/mol. The third-order valence-electron chi connectivity index (χ3n) is 4.02. The first-order valence-electron chi connectivity index (χ1n) is 9.43. The Morgan fingerprint density at radius 1 is 0.652 bits per heavy atom. The molecule has 0 unspecified atom stereocenters. The third-order valence-corrected chi connectivity index (χ3v) is 4.02. The van der Waals surface area contributed by atoms with Crippen molar-refractivity contribution in [1.82, 2.24) is 0 Å². The van der Waals surface area contributed by atoms with Gasteiger partial charge in [0.1, 0.15) is 0 Å². The van der Waals surface area contributed by atoms with Crippen molar-refractivity contribution in [3.63, 3.8) is 0 Å². The second-order valence-electron chi connectivity index (χ2n) is 6.19. The van der Waals surface area contributed by atoms with Gasteiger partial charge in [0.05, 0.1) is 26.6 Å². The molecule has 4 nitrogen and oxygen atoms in total. The lowest BCUT2D eigenvalue weighted by Gasteiger charge is -2.05. The first kappa shape index (κ1) is 21.9. The molecular weight excluding hydrogens is 292 g/mol. The molecule has 4 heteroatoms. The van der Waals surface area contributed by atoms with Crippen LogP contribution in [-0.4, -0.2) is 25.7 Å². The maximum Gasteiger partial charge on any atom is 0.306 e. The molecular formula is C19H36O4. The molecule has 0 bridgehead atoms. The van der Waals surface area contributed by atoms with Crippen LogP contribution in [0.3, 0.4) is 0 Å². The molecule has 0 fully saturated rings. The zero-order chi connectivity index (χ0) is 17.2. The highest BCUT2D eigenvalue weighted by Gasteiger charge is 2.07. The summed E-state index contributed by atoms with van der Waals surface area (Å²) < 4.78 is 9.56. The Hall–Kier alpha value is -1.06. The van der Waals surface area contributed by atoms with Gasteiger partial charge in [-0.25, -0.2) is 0 Å². The molecule has 0 saturated heterocycles. The number of methoxy groups -OCH3 is 1. The van der Waals surface area contributed by atoms with Crippen LogP contribution in [-0.2, 0) is 19.1 Å². The number of ether oxygens (including phenoxy) is 2. The lowest BCUT2D eigenvalue weighted by atomic mass is 10.1. The van der Waals surface area contributed by atoms with Crippen LogP contribution in [0.2, 0.25) is 0 Å². The highest BCUT2D eigenvalue weighted by molar-refractivity contribution is 5.77. The van der Waals surface area contributed by atoms with Crippen LogP contribution in [0.1, 0.15) is 96.8 Å². The fourth-order valence-electron chi connectivity index (χ4n) is 2.51. The molecule has 0 amide bonds.